The smallest absolute Gasteiger partial charge is 0.0153 e. The third-order valence-electron chi connectivity index (χ3n) is 3.80. The van der Waals surface area contributed by atoms with E-state index in [0.717, 1.165) is 38.9 Å². The highest BCUT2D eigenvalue weighted by atomic mass is 15.1. The molecule has 146 valence electrons. The van der Waals surface area contributed by atoms with Crippen molar-refractivity contribution in [1.82, 2.24) is 20.9 Å². The molecule has 0 aromatic rings. The zero-order valence-corrected chi connectivity index (χ0v) is 16.9. The minimum atomic E-state index is 1.06. The number of nitrogens with zero attached hydrogens (tertiary/aromatic N) is 1. The van der Waals surface area contributed by atoms with Crippen LogP contribution in [0.4, 0.5) is 0 Å². The largest absolute Gasteiger partial charge is 0.391 e. The normalized spacial score (nSPS) is 12.0. The van der Waals surface area contributed by atoms with Crippen LogP contribution in [0.25, 0.3) is 0 Å². The summed E-state index contributed by atoms with van der Waals surface area (Å²) in [5.41, 5.74) is 0. The van der Waals surface area contributed by atoms with Crippen molar-refractivity contribution < 1.29 is 0 Å². The highest BCUT2D eigenvalue weighted by molar-refractivity contribution is 4.79. The Bertz CT molecular complexity index is 284. The van der Waals surface area contributed by atoms with Gasteiger partial charge in [-0.2, -0.15) is 0 Å². The molecule has 0 aliphatic heterocycles. The van der Waals surface area contributed by atoms with E-state index in [2.05, 4.69) is 78.4 Å². The van der Waals surface area contributed by atoms with Crippen molar-refractivity contribution in [3.63, 3.8) is 0 Å². The molecule has 0 amide bonds. The van der Waals surface area contributed by atoms with Crippen molar-refractivity contribution in [2.75, 3.05) is 39.3 Å². The lowest BCUT2D eigenvalue weighted by molar-refractivity contribution is 0.264. The first-order chi connectivity index (χ1) is 12.3. The van der Waals surface area contributed by atoms with Gasteiger partial charge in [-0.1, -0.05) is 39.0 Å². The van der Waals surface area contributed by atoms with Crippen LogP contribution in [-0.2, 0) is 0 Å². The first-order valence-corrected chi connectivity index (χ1v) is 10.2. The minimum absolute atomic E-state index is 1.06. The Kier molecular flexibility index (Phi) is 19.5. The van der Waals surface area contributed by atoms with Crippen LogP contribution in [-0.4, -0.2) is 44.2 Å². The van der Waals surface area contributed by atoms with Crippen LogP contribution in [0.2, 0.25) is 0 Å². The maximum atomic E-state index is 3.37. The Morgan fingerprint density at radius 2 is 0.880 bits per heavy atom. The van der Waals surface area contributed by atoms with E-state index in [1.54, 1.807) is 0 Å². The van der Waals surface area contributed by atoms with Gasteiger partial charge in [-0.15, -0.1) is 0 Å². The molecule has 4 heteroatoms. The Hall–Kier alpha value is -1.42. The monoisotopic (exact) mass is 350 g/mol. The van der Waals surface area contributed by atoms with Gasteiger partial charge in [0.2, 0.25) is 0 Å². The molecule has 0 atom stereocenters. The summed E-state index contributed by atoms with van der Waals surface area (Å²) < 4.78 is 0. The molecule has 0 aliphatic rings. The van der Waals surface area contributed by atoms with Crippen LogP contribution >= 0.6 is 0 Å². The Labute approximate surface area is 156 Å². The van der Waals surface area contributed by atoms with E-state index in [4.69, 9.17) is 0 Å². The quantitative estimate of drug-likeness (QED) is 0.327. The summed E-state index contributed by atoms with van der Waals surface area (Å²) in [6.07, 6.45) is 19.6. The van der Waals surface area contributed by atoms with Gasteiger partial charge in [-0.3, -0.25) is 0 Å². The average molecular weight is 351 g/mol. The zero-order chi connectivity index (χ0) is 18.4. The highest BCUT2D eigenvalue weighted by Crippen LogP contribution is 1.97. The maximum Gasteiger partial charge on any atom is 0.0153 e. The lowest BCUT2D eigenvalue weighted by Gasteiger charge is -2.22. The van der Waals surface area contributed by atoms with E-state index in [1.165, 1.54) is 38.9 Å². The van der Waals surface area contributed by atoms with Crippen LogP contribution in [0, 0.1) is 0 Å². The van der Waals surface area contributed by atoms with Gasteiger partial charge < -0.3 is 20.9 Å². The second-order valence-electron chi connectivity index (χ2n) is 6.20. The molecule has 0 radical (unpaired) electrons. The van der Waals surface area contributed by atoms with Crippen molar-refractivity contribution in [3.8, 4) is 0 Å². The van der Waals surface area contributed by atoms with E-state index in [1.807, 2.05) is 0 Å². The van der Waals surface area contributed by atoms with Gasteiger partial charge in [0.15, 0.2) is 0 Å². The van der Waals surface area contributed by atoms with Crippen LogP contribution in [0.1, 0.15) is 59.3 Å². The van der Waals surface area contributed by atoms with Gasteiger partial charge in [-0.25, -0.2) is 0 Å². The fourth-order valence-electron chi connectivity index (χ4n) is 2.40. The fraction of sp³-hybridized carbons (Fsp3) is 0.714. The molecular formula is C21H42N4. The molecule has 0 bridgehead atoms. The van der Waals surface area contributed by atoms with Crippen molar-refractivity contribution in [1.29, 1.82) is 0 Å². The Morgan fingerprint density at radius 3 is 1.16 bits per heavy atom. The molecule has 0 spiro atoms. The van der Waals surface area contributed by atoms with E-state index in [0.29, 0.717) is 0 Å². The summed E-state index contributed by atoms with van der Waals surface area (Å²) >= 11 is 0. The van der Waals surface area contributed by atoms with E-state index >= 15 is 0 Å². The number of hydrogen-bond donors (Lipinski definition) is 3. The Morgan fingerprint density at radius 1 is 0.560 bits per heavy atom. The van der Waals surface area contributed by atoms with Gasteiger partial charge >= 0.3 is 0 Å². The van der Waals surface area contributed by atoms with Crippen LogP contribution in [0.3, 0.4) is 0 Å². The van der Waals surface area contributed by atoms with Crippen molar-refractivity contribution in [2.24, 2.45) is 0 Å². The summed E-state index contributed by atoms with van der Waals surface area (Å²) in [4.78, 5) is 2.60. The molecule has 0 heterocycles. The summed E-state index contributed by atoms with van der Waals surface area (Å²) in [6, 6.07) is 0. The lowest BCUT2D eigenvalue weighted by atomic mass is 10.3. The second kappa shape index (κ2) is 20.6. The standard InChI is InChI=1S/C21H42N4/c1-4-7-13-22-16-10-19-25(20-11-17-23-14-8-5-2)21-12-18-24-15-9-6-3/h7-9,13-15,22-24H,4-6,10-12,16-21H2,1-3H3. The van der Waals surface area contributed by atoms with Crippen LogP contribution < -0.4 is 16.0 Å². The molecular weight excluding hydrogens is 308 g/mol. The second-order valence-corrected chi connectivity index (χ2v) is 6.20. The molecule has 0 fully saturated rings. The van der Waals surface area contributed by atoms with Gasteiger partial charge in [0.05, 0.1) is 0 Å². The van der Waals surface area contributed by atoms with E-state index < -0.39 is 0 Å². The Balaban J connectivity index is 3.92. The van der Waals surface area contributed by atoms with Crippen LogP contribution in [0.15, 0.2) is 36.8 Å². The molecule has 25 heavy (non-hydrogen) atoms. The molecule has 0 aromatic carbocycles. The first-order valence-electron chi connectivity index (χ1n) is 10.2. The topological polar surface area (TPSA) is 39.3 Å². The molecule has 0 saturated carbocycles. The summed E-state index contributed by atoms with van der Waals surface area (Å²) in [5, 5.41) is 10.1. The van der Waals surface area contributed by atoms with Gasteiger partial charge in [0.25, 0.3) is 0 Å². The predicted molar refractivity (Wildman–Crippen MR) is 113 cm³/mol. The van der Waals surface area contributed by atoms with Crippen molar-refractivity contribution in [2.45, 2.75) is 59.3 Å². The van der Waals surface area contributed by atoms with Crippen molar-refractivity contribution >= 4 is 0 Å². The molecule has 4 nitrogen and oxygen atoms in total. The van der Waals surface area contributed by atoms with E-state index in [9.17, 15) is 0 Å². The molecule has 0 unspecified atom stereocenters. The summed E-state index contributed by atoms with van der Waals surface area (Å²) in [7, 11) is 0. The van der Waals surface area contributed by atoms with Crippen LogP contribution in [0.5, 0.6) is 0 Å². The summed E-state index contributed by atoms with van der Waals surface area (Å²) in [5.74, 6) is 0. The van der Waals surface area contributed by atoms with E-state index in [-0.39, 0.29) is 0 Å². The number of rotatable bonds is 18. The van der Waals surface area contributed by atoms with Gasteiger partial charge in [0.1, 0.15) is 0 Å². The number of hydrogen-bond acceptors (Lipinski definition) is 4. The number of allylic oxidation sites excluding steroid dienone is 3. The molecule has 0 rings (SSSR count). The SMILES string of the molecule is CCC=CNCCCN(CCCNC=CCC)CCCNC=CCC. The molecule has 0 aromatic heterocycles. The first kappa shape index (κ1) is 23.6. The van der Waals surface area contributed by atoms with Gasteiger partial charge in [-0.05, 0) is 76.8 Å². The highest BCUT2D eigenvalue weighted by Gasteiger charge is 2.03. The minimum Gasteiger partial charge on any atom is -0.391 e. The average Bonchev–Trinajstić information content (AvgIpc) is 2.63. The van der Waals surface area contributed by atoms with Crippen molar-refractivity contribution in [3.05, 3.63) is 36.8 Å². The summed E-state index contributed by atoms with van der Waals surface area (Å²) in [6.45, 7) is 13.2. The third kappa shape index (κ3) is 18.8. The molecule has 0 aliphatic carbocycles. The van der Waals surface area contributed by atoms with Gasteiger partial charge in [0, 0.05) is 19.6 Å². The molecule has 0 saturated heterocycles. The zero-order valence-electron chi connectivity index (χ0n) is 16.9. The third-order valence-corrected chi connectivity index (χ3v) is 3.80. The number of nitrogens with one attached hydrogen (secondary N) is 3. The molecule has 3 N–H and O–H groups in total. The lowest BCUT2D eigenvalue weighted by Crippen LogP contribution is -2.31. The fourth-order valence-corrected chi connectivity index (χ4v) is 2.40. The maximum absolute atomic E-state index is 3.37. The predicted octanol–water partition coefficient (Wildman–Crippen LogP) is 4.00.